The summed E-state index contributed by atoms with van der Waals surface area (Å²) in [6.07, 6.45) is 3.42. The van der Waals surface area contributed by atoms with Crippen LogP contribution in [0.1, 0.15) is 49.4 Å². The highest BCUT2D eigenvalue weighted by Crippen LogP contribution is 2.35. The number of benzene rings is 1. The van der Waals surface area contributed by atoms with Crippen LogP contribution < -0.4 is 16.0 Å². The van der Waals surface area contributed by atoms with E-state index in [0.29, 0.717) is 18.4 Å². The number of nitrogens with one attached hydrogen (secondary N) is 1. The lowest BCUT2D eigenvalue weighted by atomic mass is 9.80. The van der Waals surface area contributed by atoms with Crippen molar-refractivity contribution in [3.05, 3.63) is 29.8 Å². The lowest BCUT2D eigenvalue weighted by Crippen LogP contribution is -2.62. The van der Waals surface area contributed by atoms with Gasteiger partial charge in [-0.2, -0.15) is 0 Å². The molecule has 3 heterocycles. The molecule has 0 spiro atoms. The molecule has 35 heavy (non-hydrogen) atoms. The molecular formula is C26H37N5O4. The van der Waals surface area contributed by atoms with E-state index in [4.69, 9.17) is 10.5 Å². The van der Waals surface area contributed by atoms with Crippen molar-refractivity contribution in [3.63, 3.8) is 0 Å². The van der Waals surface area contributed by atoms with Crippen LogP contribution in [-0.4, -0.2) is 97.0 Å². The molecular weight excluding hydrogens is 446 g/mol. The van der Waals surface area contributed by atoms with Crippen LogP contribution in [-0.2, 0) is 14.3 Å². The van der Waals surface area contributed by atoms with Gasteiger partial charge in [-0.1, -0.05) is 26.2 Å². The van der Waals surface area contributed by atoms with E-state index in [-0.39, 0.29) is 30.7 Å². The standard InChI is InChI=1S/C26H37N5O4/c1-2-29-12-14-30(15-13-29)19-8-6-18(7-9-19)24(33)28-26(10-4-3-5-11-26)25(34)31-16-20(27)23-22(31)21(32)17-35-23/h6-9,20,22-23H,2-5,10-17,27H2,1H3,(H,28,33)/t20-,22+,23+/m0/s1. The number of carbonyl (C=O) groups excluding carboxylic acids is 3. The van der Waals surface area contributed by atoms with Crippen LogP contribution in [0.3, 0.4) is 0 Å². The number of likely N-dealkylation sites (tertiary alicyclic amines) is 1. The molecule has 4 aliphatic rings. The molecule has 1 saturated carbocycles. The summed E-state index contributed by atoms with van der Waals surface area (Å²) in [5.74, 6) is -0.557. The Balaban J connectivity index is 1.30. The van der Waals surface area contributed by atoms with Gasteiger partial charge in [0.2, 0.25) is 5.91 Å². The van der Waals surface area contributed by atoms with Gasteiger partial charge in [0.05, 0.1) is 6.04 Å². The van der Waals surface area contributed by atoms with Crippen molar-refractivity contribution in [3.8, 4) is 0 Å². The minimum Gasteiger partial charge on any atom is -0.369 e. The number of anilines is 1. The quantitative estimate of drug-likeness (QED) is 0.637. The zero-order chi connectivity index (χ0) is 24.6. The third-order valence-electron chi connectivity index (χ3n) is 8.27. The fraction of sp³-hybridized carbons (Fsp3) is 0.654. The second-order valence-corrected chi connectivity index (χ2v) is 10.4. The first-order valence-corrected chi connectivity index (χ1v) is 13.0. The zero-order valence-corrected chi connectivity index (χ0v) is 20.6. The molecule has 2 amide bonds. The Morgan fingerprint density at radius 3 is 2.43 bits per heavy atom. The average molecular weight is 484 g/mol. The number of amides is 2. The number of nitrogens with zero attached hydrogens (tertiary/aromatic N) is 3. The molecule has 9 nitrogen and oxygen atoms in total. The normalized spacial score (nSPS) is 28.7. The summed E-state index contributed by atoms with van der Waals surface area (Å²) in [5.41, 5.74) is 6.84. The van der Waals surface area contributed by atoms with Crippen molar-refractivity contribution in [1.29, 1.82) is 0 Å². The maximum Gasteiger partial charge on any atom is 0.252 e. The van der Waals surface area contributed by atoms with E-state index >= 15 is 0 Å². The number of likely N-dealkylation sites (N-methyl/N-ethyl adjacent to an activating group) is 1. The molecule has 3 atom stereocenters. The first-order valence-electron chi connectivity index (χ1n) is 13.0. The predicted octanol–water partition coefficient (Wildman–Crippen LogP) is 0.767. The van der Waals surface area contributed by atoms with Crippen molar-refractivity contribution in [2.24, 2.45) is 5.73 Å². The minimum absolute atomic E-state index is 0.00792. The van der Waals surface area contributed by atoms with Crippen LogP contribution >= 0.6 is 0 Å². The van der Waals surface area contributed by atoms with E-state index in [1.165, 1.54) is 0 Å². The number of fused-ring (bicyclic) bond motifs is 1. The van der Waals surface area contributed by atoms with Crippen molar-refractivity contribution >= 4 is 23.3 Å². The van der Waals surface area contributed by atoms with Gasteiger partial charge >= 0.3 is 0 Å². The van der Waals surface area contributed by atoms with Gasteiger partial charge < -0.3 is 30.5 Å². The lowest BCUT2D eigenvalue weighted by molar-refractivity contribution is -0.143. The van der Waals surface area contributed by atoms with Crippen LogP contribution in [0.15, 0.2) is 24.3 Å². The van der Waals surface area contributed by atoms with Gasteiger partial charge in [0, 0.05) is 44.0 Å². The molecule has 5 rings (SSSR count). The molecule has 1 aliphatic carbocycles. The highest BCUT2D eigenvalue weighted by atomic mass is 16.5. The third-order valence-corrected chi connectivity index (χ3v) is 8.27. The van der Waals surface area contributed by atoms with Gasteiger partial charge in [0.1, 0.15) is 24.3 Å². The number of piperazine rings is 1. The van der Waals surface area contributed by atoms with E-state index in [1.54, 1.807) is 4.90 Å². The summed E-state index contributed by atoms with van der Waals surface area (Å²) in [6, 6.07) is 6.64. The molecule has 1 aromatic carbocycles. The Hall–Kier alpha value is -2.49. The molecule has 9 heteroatoms. The average Bonchev–Trinajstić information content (AvgIpc) is 3.44. The Bertz CT molecular complexity index is 953. The Labute approximate surface area is 206 Å². The summed E-state index contributed by atoms with van der Waals surface area (Å²) in [5, 5.41) is 3.10. The van der Waals surface area contributed by atoms with Crippen LogP contribution in [0, 0.1) is 0 Å². The van der Waals surface area contributed by atoms with E-state index in [1.807, 2.05) is 24.3 Å². The Morgan fingerprint density at radius 1 is 1.09 bits per heavy atom. The number of ether oxygens (including phenoxy) is 1. The fourth-order valence-electron chi connectivity index (χ4n) is 6.16. The van der Waals surface area contributed by atoms with Crippen molar-refractivity contribution in [2.75, 3.05) is 50.8 Å². The smallest absolute Gasteiger partial charge is 0.252 e. The lowest BCUT2D eigenvalue weighted by Gasteiger charge is -2.40. The summed E-state index contributed by atoms with van der Waals surface area (Å²) >= 11 is 0. The molecule has 0 aromatic heterocycles. The van der Waals surface area contributed by atoms with E-state index in [9.17, 15) is 14.4 Å². The zero-order valence-electron chi connectivity index (χ0n) is 20.6. The molecule has 3 aliphatic heterocycles. The summed E-state index contributed by atoms with van der Waals surface area (Å²) in [6.45, 7) is 7.54. The predicted molar refractivity (Wildman–Crippen MR) is 132 cm³/mol. The molecule has 0 radical (unpaired) electrons. The molecule has 4 fully saturated rings. The first kappa shape index (κ1) is 24.2. The molecule has 0 bridgehead atoms. The van der Waals surface area contributed by atoms with Crippen LogP contribution in [0.25, 0.3) is 0 Å². The van der Waals surface area contributed by atoms with Gasteiger partial charge in [-0.15, -0.1) is 0 Å². The van der Waals surface area contributed by atoms with E-state index in [2.05, 4.69) is 22.0 Å². The van der Waals surface area contributed by atoms with Gasteiger partial charge in [-0.3, -0.25) is 14.4 Å². The number of carbonyl (C=O) groups is 3. The number of hydrogen-bond acceptors (Lipinski definition) is 7. The van der Waals surface area contributed by atoms with Crippen molar-refractivity contribution in [2.45, 2.75) is 62.8 Å². The Morgan fingerprint density at radius 2 is 1.77 bits per heavy atom. The highest BCUT2D eigenvalue weighted by Gasteiger charge is 2.55. The van der Waals surface area contributed by atoms with Gasteiger partial charge in [0.15, 0.2) is 5.78 Å². The van der Waals surface area contributed by atoms with Crippen LogP contribution in [0.2, 0.25) is 0 Å². The topological polar surface area (TPSA) is 108 Å². The van der Waals surface area contributed by atoms with E-state index in [0.717, 1.165) is 57.7 Å². The number of ketones is 1. The molecule has 190 valence electrons. The number of Topliss-reactive ketones (excluding diaryl/α,β-unsaturated/α-hetero) is 1. The second-order valence-electron chi connectivity index (χ2n) is 10.4. The maximum absolute atomic E-state index is 13.9. The SMILES string of the molecule is CCN1CCN(c2ccc(C(=O)NC3(C(=O)N4C[C@H](N)[C@H]5OCC(=O)[C@H]54)CCCCC3)cc2)CC1. The monoisotopic (exact) mass is 483 g/mol. The van der Waals surface area contributed by atoms with Gasteiger partial charge in [-0.25, -0.2) is 0 Å². The molecule has 1 aromatic rings. The molecule has 0 unspecified atom stereocenters. The summed E-state index contributed by atoms with van der Waals surface area (Å²) in [4.78, 5) is 46.0. The van der Waals surface area contributed by atoms with Crippen molar-refractivity contribution in [1.82, 2.24) is 15.1 Å². The number of nitrogens with two attached hydrogens (primary N) is 1. The van der Waals surface area contributed by atoms with Crippen molar-refractivity contribution < 1.29 is 19.1 Å². The summed E-state index contributed by atoms with van der Waals surface area (Å²) < 4.78 is 5.56. The Kier molecular flexibility index (Phi) is 6.83. The number of hydrogen-bond donors (Lipinski definition) is 2. The fourth-order valence-corrected chi connectivity index (χ4v) is 6.16. The minimum atomic E-state index is -1.01. The van der Waals surface area contributed by atoms with Crippen LogP contribution in [0.5, 0.6) is 0 Å². The third kappa shape index (κ3) is 4.57. The molecule has 3 N–H and O–H groups in total. The van der Waals surface area contributed by atoms with Gasteiger partial charge in [-0.05, 0) is 43.7 Å². The summed E-state index contributed by atoms with van der Waals surface area (Å²) in [7, 11) is 0. The largest absolute Gasteiger partial charge is 0.369 e. The number of rotatable bonds is 5. The van der Waals surface area contributed by atoms with Gasteiger partial charge in [0.25, 0.3) is 5.91 Å². The highest BCUT2D eigenvalue weighted by molar-refractivity contribution is 6.01. The first-order chi connectivity index (χ1) is 16.9. The molecule has 3 saturated heterocycles. The second kappa shape index (κ2) is 9.87. The van der Waals surface area contributed by atoms with Crippen LogP contribution in [0.4, 0.5) is 5.69 Å². The van der Waals surface area contributed by atoms with E-state index < -0.39 is 23.7 Å². The maximum atomic E-state index is 13.9.